The van der Waals surface area contributed by atoms with E-state index in [2.05, 4.69) is 16.0 Å². The molecule has 0 saturated heterocycles. The summed E-state index contributed by atoms with van der Waals surface area (Å²) in [6, 6.07) is 20.7. The first-order chi connectivity index (χ1) is 17.2. The maximum atomic E-state index is 13.2. The highest BCUT2D eigenvalue weighted by molar-refractivity contribution is 5.98. The normalized spacial score (nSPS) is 12.2. The zero-order valence-electron chi connectivity index (χ0n) is 20.2. The average molecular weight is 488 g/mol. The molecule has 0 spiro atoms. The Morgan fingerprint density at radius 2 is 1.33 bits per heavy atom. The predicted molar refractivity (Wildman–Crippen MR) is 137 cm³/mol. The Balaban J connectivity index is 1.75. The zero-order chi connectivity index (χ0) is 26.1. The lowest BCUT2D eigenvalue weighted by molar-refractivity contribution is -0.142. The van der Waals surface area contributed by atoms with Crippen molar-refractivity contribution in [1.29, 1.82) is 0 Å². The van der Waals surface area contributed by atoms with Crippen molar-refractivity contribution in [2.75, 3.05) is 5.32 Å². The number of rotatable bonds is 10. The van der Waals surface area contributed by atoms with Gasteiger partial charge in [-0.1, -0.05) is 60.2 Å². The monoisotopic (exact) mass is 487 g/mol. The number of aliphatic carboxylic acids is 1. The molecule has 0 bridgehead atoms. The third-order valence-electron chi connectivity index (χ3n) is 5.55. The summed E-state index contributed by atoms with van der Waals surface area (Å²) in [7, 11) is 0. The zero-order valence-corrected chi connectivity index (χ0v) is 20.2. The molecule has 0 saturated carbocycles. The van der Waals surface area contributed by atoms with Crippen molar-refractivity contribution in [3.8, 4) is 0 Å². The Bertz CT molecular complexity index is 1210. The molecule has 3 rings (SSSR count). The molecule has 8 heteroatoms. The molecule has 3 aromatic carbocycles. The number of carbonyl (C=O) groups is 4. The number of amides is 3. The summed E-state index contributed by atoms with van der Waals surface area (Å²) in [5.74, 6) is -2.43. The van der Waals surface area contributed by atoms with Crippen LogP contribution in [0, 0.1) is 6.92 Å². The molecule has 0 aromatic heterocycles. The van der Waals surface area contributed by atoms with Crippen LogP contribution in [-0.2, 0) is 27.2 Å². The Kier molecular flexibility index (Phi) is 8.94. The van der Waals surface area contributed by atoms with Gasteiger partial charge in [0, 0.05) is 31.0 Å². The molecule has 0 aliphatic heterocycles. The highest BCUT2D eigenvalue weighted by atomic mass is 16.4. The quantitative estimate of drug-likeness (QED) is 0.350. The summed E-state index contributed by atoms with van der Waals surface area (Å²) in [4.78, 5) is 49.2. The molecule has 0 fully saturated rings. The number of hydrogen-bond acceptors (Lipinski definition) is 4. The maximum Gasteiger partial charge on any atom is 0.326 e. The van der Waals surface area contributed by atoms with Gasteiger partial charge in [0.15, 0.2) is 0 Å². The van der Waals surface area contributed by atoms with E-state index in [0.717, 1.165) is 11.1 Å². The topological polar surface area (TPSA) is 125 Å². The van der Waals surface area contributed by atoms with Gasteiger partial charge in [0.05, 0.1) is 0 Å². The van der Waals surface area contributed by atoms with Crippen LogP contribution in [0.15, 0.2) is 78.9 Å². The molecular weight excluding hydrogens is 458 g/mol. The second kappa shape index (κ2) is 12.3. The van der Waals surface area contributed by atoms with Gasteiger partial charge in [-0.2, -0.15) is 0 Å². The lowest BCUT2D eigenvalue weighted by atomic mass is 10.0. The van der Waals surface area contributed by atoms with Gasteiger partial charge in [-0.05, 0) is 42.3 Å². The minimum atomic E-state index is -1.21. The SMILES string of the molecule is CC(=O)Nc1ccc(C[C@H](NC(=O)[C@H](Cc2ccccc2)NC(=O)c2ccc(C)cc2)C(=O)O)cc1. The minimum absolute atomic E-state index is 0.0331. The van der Waals surface area contributed by atoms with E-state index in [0.29, 0.717) is 16.8 Å². The van der Waals surface area contributed by atoms with Crippen molar-refractivity contribution >= 4 is 29.4 Å². The first-order valence-corrected chi connectivity index (χ1v) is 11.5. The molecule has 0 aliphatic rings. The fourth-order valence-corrected chi connectivity index (χ4v) is 3.64. The second-order valence-corrected chi connectivity index (χ2v) is 8.56. The van der Waals surface area contributed by atoms with Gasteiger partial charge in [0.25, 0.3) is 5.91 Å². The molecule has 0 unspecified atom stereocenters. The molecule has 3 aromatic rings. The number of carboxylic acid groups (broad SMARTS) is 1. The Labute approximate surface area is 209 Å². The smallest absolute Gasteiger partial charge is 0.326 e. The molecule has 4 N–H and O–H groups in total. The lowest BCUT2D eigenvalue weighted by Gasteiger charge is -2.22. The molecule has 2 atom stereocenters. The lowest BCUT2D eigenvalue weighted by Crippen LogP contribution is -2.53. The van der Waals surface area contributed by atoms with Crippen LogP contribution in [0.2, 0.25) is 0 Å². The van der Waals surface area contributed by atoms with Crippen molar-refractivity contribution in [2.24, 2.45) is 0 Å². The van der Waals surface area contributed by atoms with Crippen molar-refractivity contribution in [3.05, 3.63) is 101 Å². The van der Waals surface area contributed by atoms with E-state index in [-0.39, 0.29) is 18.7 Å². The van der Waals surface area contributed by atoms with E-state index in [4.69, 9.17) is 0 Å². The number of anilines is 1. The Hall–Kier alpha value is -4.46. The Morgan fingerprint density at radius 1 is 0.750 bits per heavy atom. The maximum absolute atomic E-state index is 13.2. The predicted octanol–water partition coefficient (Wildman–Crippen LogP) is 3.11. The van der Waals surface area contributed by atoms with Crippen LogP contribution >= 0.6 is 0 Å². The van der Waals surface area contributed by atoms with Gasteiger partial charge in [0.2, 0.25) is 11.8 Å². The Morgan fingerprint density at radius 3 is 1.92 bits per heavy atom. The third kappa shape index (κ3) is 7.80. The van der Waals surface area contributed by atoms with Crippen molar-refractivity contribution in [3.63, 3.8) is 0 Å². The minimum Gasteiger partial charge on any atom is -0.480 e. The third-order valence-corrected chi connectivity index (χ3v) is 5.55. The van der Waals surface area contributed by atoms with Crippen LogP contribution in [0.5, 0.6) is 0 Å². The van der Waals surface area contributed by atoms with Crippen LogP contribution < -0.4 is 16.0 Å². The van der Waals surface area contributed by atoms with Crippen molar-refractivity contribution in [2.45, 2.75) is 38.8 Å². The molecule has 36 heavy (non-hydrogen) atoms. The van der Waals surface area contributed by atoms with Crippen LogP contribution in [0.1, 0.15) is 34.0 Å². The number of benzene rings is 3. The molecule has 0 aliphatic carbocycles. The van der Waals surface area contributed by atoms with Gasteiger partial charge in [0.1, 0.15) is 12.1 Å². The molecule has 186 valence electrons. The molecule has 3 amide bonds. The largest absolute Gasteiger partial charge is 0.480 e. The van der Waals surface area contributed by atoms with Crippen LogP contribution in [0.4, 0.5) is 5.69 Å². The van der Waals surface area contributed by atoms with Gasteiger partial charge in [-0.25, -0.2) is 4.79 Å². The van der Waals surface area contributed by atoms with E-state index < -0.39 is 29.9 Å². The molecule has 0 heterocycles. The summed E-state index contributed by atoms with van der Waals surface area (Å²) in [6.07, 6.45) is 0.230. The van der Waals surface area contributed by atoms with Gasteiger partial charge < -0.3 is 21.1 Å². The van der Waals surface area contributed by atoms with Gasteiger partial charge in [-0.3, -0.25) is 14.4 Å². The summed E-state index contributed by atoms with van der Waals surface area (Å²) >= 11 is 0. The highest BCUT2D eigenvalue weighted by Crippen LogP contribution is 2.12. The van der Waals surface area contributed by atoms with E-state index >= 15 is 0 Å². The van der Waals surface area contributed by atoms with E-state index in [1.165, 1.54) is 6.92 Å². The highest BCUT2D eigenvalue weighted by Gasteiger charge is 2.27. The van der Waals surface area contributed by atoms with Crippen LogP contribution in [0.25, 0.3) is 0 Å². The standard InChI is InChI=1S/C28H29N3O5/c1-18-8-12-22(13-9-18)26(33)30-24(16-20-6-4-3-5-7-20)27(34)31-25(28(35)36)17-21-10-14-23(15-11-21)29-19(2)32/h3-15,24-25H,16-17H2,1-2H3,(H,29,32)(H,30,33)(H,31,34)(H,35,36)/t24-,25-/m0/s1. The number of aryl methyl sites for hydroxylation is 1. The molecule has 8 nitrogen and oxygen atoms in total. The number of nitrogens with one attached hydrogen (secondary N) is 3. The van der Waals surface area contributed by atoms with Gasteiger partial charge >= 0.3 is 5.97 Å². The summed E-state index contributed by atoms with van der Waals surface area (Å²) in [6.45, 7) is 3.31. The van der Waals surface area contributed by atoms with Crippen molar-refractivity contribution < 1.29 is 24.3 Å². The summed E-state index contributed by atoms with van der Waals surface area (Å²) in [5.41, 5.74) is 3.48. The average Bonchev–Trinajstić information content (AvgIpc) is 2.85. The van der Waals surface area contributed by atoms with E-state index in [9.17, 15) is 24.3 Å². The van der Waals surface area contributed by atoms with Crippen LogP contribution in [-0.4, -0.2) is 40.9 Å². The van der Waals surface area contributed by atoms with Crippen LogP contribution in [0.3, 0.4) is 0 Å². The summed E-state index contributed by atoms with van der Waals surface area (Å²) in [5, 5.41) is 17.7. The first kappa shape index (κ1) is 26.2. The molecule has 0 radical (unpaired) electrons. The first-order valence-electron chi connectivity index (χ1n) is 11.5. The number of carboxylic acids is 1. The fourth-order valence-electron chi connectivity index (χ4n) is 3.64. The molecular formula is C28H29N3O5. The number of carbonyl (C=O) groups excluding carboxylic acids is 3. The number of hydrogen-bond donors (Lipinski definition) is 4. The van der Waals surface area contributed by atoms with E-state index in [1.54, 1.807) is 48.5 Å². The fraction of sp³-hybridized carbons (Fsp3) is 0.214. The van der Waals surface area contributed by atoms with Gasteiger partial charge in [-0.15, -0.1) is 0 Å². The summed E-state index contributed by atoms with van der Waals surface area (Å²) < 4.78 is 0. The van der Waals surface area contributed by atoms with Crippen molar-refractivity contribution in [1.82, 2.24) is 10.6 Å². The van der Waals surface area contributed by atoms with E-state index in [1.807, 2.05) is 37.3 Å². The second-order valence-electron chi connectivity index (χ2n) is 8.56.